The van der Waals surface area contributed by atoms with Gasteiger partial charge in [-0.3, -0.25) is 0 Å². The Morgan fingerprint density at radius 3 is 2.87 bits per heavy atom. The second kappa shape index (κ2) is 4.42. The average molecular weight is 224 g/mol. The molecule has 0 fully saturated rings. The number of nitrogens with one attached hydrogen (secondary N) is 1. The minimum atomic E-state index is 0.450. The van der Waals surface area contributed by atoms with E-state index in [1.54, 1.807) is 6.07 Å². The van der Waals surface area contributed by atoms with Gasteiger partial charge in [-0.1, -0.05) is 23.7 Å². The van der Waals surface area contributed by atoms with E-state index in [0.29, 0.717) is 23.3 Å². The van der Waals surface area contributed by atoms with Crippen molar-refractivity contribution in [2.45, 2.75) is 6.54 Å². The Labute approximate surface area is 92.3 Å². The van der Waals surface area contributed by atoms with E-state index in [4.69, 9.17) is 16.0 Å². The molecule has 4 nitrogen and oxygen atoms in total. The summed E-state index contributed by atoms with van der Waals surface area (Å²) in [5.41, 5.74) is 0.758. The summed E-state index contributed by atoms with van der Waals surface area (Å²) in [7, 11) is 1.82. The number of aromatic nitrogens is 2. The zero-order valence-electron chi connectivity index (χ0n) is 8.20. The van der Waals surface area contributed by atoms with Crippen molar-refractivity contribution in [3.05, 3.63) is 35.2 Å². The van der Waals surface area contributed by atoms with Crippen LogP contribution in [-0.2, 0) is 6.54 Å². The van der Waals surface area contributed by atoms with Gasteiger partial charge in [-0.05, 0) is 19.2 Å². The van der Waals surface area contributed by atoms with Gasteiger partial charge in [0, 0.05) is 0 Å². The van der Waals surface area contributed by atoms with Crippen LogP contribution in [0.2, 0.25) is 5.02 Å². The largest absolute Gasteiger partial charge is 0.419 e. The van der Waals surface area contributed by atoms with E-state index in [9.17, 15) is 0 Å². The first-order valence-corrected chi connectivity index (χ1v) is 4.91. The van der Waals surface area contributed by atoms with Crippen LogP contribution in [0.5, 0.6) is 0 Å². The molecule has 1 N–H and O–H groups in total. The molecule has 0 unspecified atom stereocenters. The van der Waals surface area contributed by atoms with Gasteiger partial charge in [-0.15, -0.1) is 10.2 Å². The Morgan fingerprint density at radius 1 is 1.33 bits per heavy atom. The highest BCUT2D eigenvalue weighted by atomic mass is 35.5. The van der Waals surface area contributed by atoms with Crippen LogP contribution in [0.15, 0.2) is 28.7 Å². The first kappa shape index (κ1) is 10.1. The number of halogens is 1. The summed E-state index contributed by atoms with van der Waals surface area (Å²) in [6.07, 6.45) is 0. The summed E-state index contributed by atoms with van der Waals surface area (Å²) in [4.78, 5) is 0. The lowest BCUT2D eigenvalue weighted by Crippen LogP contribution is -2.04. The highest BCUT2D eigenvalue weighted by molar-refractivity contribution is 6.33. The summed E-state index contributed by atoms with van der Waals surface area (Å²) < 4.78 is 5.42. The van der Waals surface area contributed by atoms with E-state index in [0.717, 1.165) is 5.56 Å². The van der Waals surface area contributed by atoms with Crippen LogP contribution in [0, 0.1) is 0 Å². The normalized spacial score (nSPS) is 10.5. The number of rotatable bonds is 3. The lowest BCUT2D eigenvalue weighted by molar-refractivity contribution is 0.490. The highest BCUT2D eigenvalue weighted by Gasteiger charge is 2.10. The molecule has 0 saturated heterocycles. The maximum Gasteiger partial charge on any atom is 0.249 e. The van der Waals surface area contributed by atoms with Crippen LogP contribution < -0.4 is 5.32 Å². The minimum Gasteiger partial charge on any atom is -0.419 e. The Kier molecular flexibility index (Phi) is 2.99. The SMILES string of the molecule is CNCc1nnc(-c2ccccc2Cl)o1. The monoisotopic (exact) mass is 223 g/mol. The van der Waals surface area contributed by atoms with Crippen LogP contribution in [0.3, 0.4) is 0 Å². The number of hydrogen-bond donors (Lipinski definition) is 1. The average Bonchev–Trinajstić information content (AvgIpc) is 2.68. The summed E-state index contributed by atoms with van der Waals surface area (Å²) in [6.45, 7) is 0.553. The fraction of sp³-hybridized carbons (Fsp3) is 0.200. The van der Waals surface area contributed by atoms with Gasteiger partial charge in [-0.2, -0.15) is 0 Å². The van der Waals surface area contributed by atoms with Gasteiger partial charge < -0.3 is 9.73 Å². The summed E-state index contributed by atoms with van der Waals surface area (Å²) >= 11 is 6.00. The summed E-state index contributed by atoms with van der Waals surface area (Å²) in [5, 5.41) is 11.4. The van der Waals surface area contributed by atoms with Gasteiger partial charge >= 0.3 is 0 Å². The number of hydrogen-bond acceptors (Lipinski definition) is 4. The first-order chi connectivity index (χ1) is 7.31. The molecule has 0 amide bonds. The van der Waals surface area contributed by atoms with E-state index in [1.807, 2.05) is 25.2 Å². The summed E-state index contributed by atoms with van der Waals surface area (Å²) in [6, 6.07) is 7.37. The van der Waals surface area contributed by atoms with Crippen molar-refractivity contribution in [3.8, 4) is 11.5 Å². The number of nitrogens with zero attached hydrogens (tertiary/aromatic N) is 2. The van der Waals surface area contributed by atoms with Crippen molar-refractivity contribution in [2.75, 3.05) is 7.05 Å². The molecule has 2 aromatic rings. The molecule has 0 aliphatic rings. The predicted molar refractivity (Wildman–Crippen MR) is 57.5 cm³/mol. The van der Waals surface area contributed by atoms with Gasteiger partial charge in [-0.25, -0.2) is 0 Å². The molecule has 0 aliphatic carbocycles. The Hall–Kier alpha value is -1.39. The van der Waals surface area contributed by atoms with Gasteiger partial charge in [0.15, 0.2) is 0 Å². The Balaban J connectivity index is 2.33. The third-order valence-electron chi connectivity index (χ3n) is 1.90. The Bertz CT molecular complexity index is 455. The van der Waals surface area contributed by atoms with Crippen molar-refractivity contribution >= 4 is 11.6 Å². The van der Waals surface area contributed by atoms with Gasteiger partial charge in [0.05, 0.1) is 17.1 Å². The van der Waals surface area contributed by atoms with Crippen LogP contribution >= 0.6 is 11.6 Å². The van der Waals surface area contributed by atoms with Crippen LogP contribution in [0.4, 0.5) is 0 Å². The molecule has 0 atom stereocenters. The fourth-order valence-electron chi connectivity index (χ4n) is 1.22. The van der Waals surface area contributed by atoms with Crippen molar-refractivity contribution in [1.29, 1.82) is 0 Å². The van der Waals surface area contributed by atoms with E-state index in [2.05, 4.69) is 15.5 Å². The molecule has 1 heterocycles. The molecular formula is C10H10ClN3O. The van der Waals surface area contributed by atoms with Gasteiger partial charge in [0.25, 0.3) is 0 Å². The first-order valence-electron chi connectivity index (χ1n) is 4.53. The molecule has 0 spiro atoms. The van der Waals surface area contributed by atoms with Crippen LogP contribution in [0.25, 0.3) is 11.5 Å². The van der Waals surface area contributed by atoms with Crippen LogP contribution in [0.1, 0.15) is 5.89 Å². The maximum absolute atomic E-state index is 6.00. The molecule has 5 heteroatoms. The highest BCUT2D eigenvalue weighted by Crippen LogP contribution is 2.25. The number of benzene rings is 1. The molecule has 0 aliphatic heterocycles. The zero-order chi connectivity index (χ0) is 10.7. The zero-order valence-corrected chi connectivity index (χ0v) is 8.95. The molecule has 15 heavy (non-hydrogen) atoms. The van der Waals surface area contributed by atoms with E-state index >= 15 is 0 Å². The smallest absolute Gasteiger partial charge is 0.249 e. The second-order valence-electron chi connectivity index (χ2n) is 3.01. The van der Waals surface area contributed by atoms with Crippen molar-refractivity contribution in [2.24, 2.45) is 0 Å². The predicted octanol–water partition coefficient (Wildman–Crippen LogP) is 2.11. The van der Waals surface area contributed by atoms with Crippen LogP contribution in [-0.4, -0.2) is 17.2 Å². The molecular weight excluding hydrogens is 214 g/mol. The topological polar surface area (TPSA) is 51.0 Å². The fourth-order valence-corrected chi connectivity index (χ4v) is 1.44. The molecule has 1 aromatic carbocycles. The third kappa shape index (κ3) is 2.16. The summed E-state index contributed by atoms with van der Waals surface area (Å²) in [5.74, 6) is 0.998. The third-order valence-corrected chi connectivity index (χ3v) is 2.23. The lowest BCUT2D eigenvalue weighted by Gasteiger charge is -1.96. The Morgan fingerprint density at radius 2 is 2.13 bits per heavy atom. The van der Waals surface area contributed by atoms with E-state index in [1.165, 1.54) is 0 Å². The van der Waals surface area contributed by atoms with Gasteiger partial charge in [0.2, 0.25) is 11.8 Å². The van der Waals surface area contributed by atoms with Crippen molar-refractivity contribution < 1.29 is 4.42 Å². The molecule has 78 valence electrons. The van der Waals surface area contributed by atoms with E-state index in [-0.39, 0.29) is 0 Å². The molecule has 2 rings (SSSR count). The van der Waals surface area contributed by atoms with Crippen molar-refractivity contribution in [3.63, 3.8) is 0 Å². The maximum atomic E-state index is 6.00. The minimum absolute atomic E-state index is 0.450. The van der Waals surface area contributed by atoms with Crippen molar-refractivity contribution in [1.82, 2.24) is 15.5 Å². The van der Waals surface area contributed by atoms with Gasteiger partial charge in [0.1, 0.15) is 0 Å². The molecule has 0 saturated carbocycles. The second-order valence-corrected chi connectivity index (χ2v) is 3.42. The lowest BCUT2D eigenvalue weighted by atomic mass is 10.2. The van der Waals surface area contributed by atoms with E-state index < -0.39 is 0 Å². The molecule has 0 bridgehead atoms. The molecule has 1 aromatic heterocycles. The quantitative estimate of drug-likeness (QED) is 0.866. The standard InChI is InChI=1S/C10H10ClN3O/c1-12-6-9-13-14-10(15-9)7-4-2-3-5-8(7)11/h2-5,12H,6H2,1H3. The molecule has 0 radical (unpaired) electrons.